The van der Waals surface area contributed by atoms with Crippen LogP contribution in [0.4, 0.5) is 0 Å². The van der Waals surface area contributed by atoms with Crippen LogP contribution in [-0.4, -0.2) is 4.89 Å². The second kappa shape index (κ2) is 6.53. The summed E-state index contributed by atoms with van der Waals surface area (Å²) in [5, 5.41) is 0. The maximum Gasteiger partial charge on any atom is 0.584 e. The van der Waals surface area contributed by atoms with Gasteiger partial charge in [-0.15, -0.1) is 0 Å². The van der Waals surface area contributed by atoms with Gasteiger partial charge >= 0.3 is 7.82 Å². The SMILES string of the molecule is Cc1ccc(OP(=O)(O)Oc2ccc(C)cc2Br)c(Br)c1. The average Bonchev–Trinajstić information content (AvgIpc) is 2.36. The number of phosphoric ester groups is 1. The third-order valence-electron chi connectivity index (χ3n) is 2.60. The van der Waals surface area contributed by atoms with E-state index >= 15 is 0 Å². The molecule has 112 valence electrons. The number of phosphoric acid groups is 1. The summed E-state index contributed by atoms with van der Waals surface area (Å²) in [4.78, 5) is 9.88. The molecule has 21 heavy (non-hydrogen) atoms. The fraction of sp³-hybridized carbons (Fsp3) is 0.143. The molecule has 0 amide bonds. The van der Waals surface area contributed by atoms with Gasteiger partial charge in [0.1, 0.15) is 11.5 Å². The summed E-state index contributed by atoms with van der Waals surface area (Å²) in [6.07, 6.45) is 0. The summed E-state index contributed by atoms with van der Waals surface area (Å²) in [6, 6.07) is 10.4. The van der Waals surface area contributed by atoms with E-state index in [4.69, 9.17) is 9.05 Å². The summed E-state index contributed by atoms with van der Waals surface area (Å²) in [5.74, 6) is 0.490. The zero-order valence-electron chi connectivity index (χ0n) is 11.3. The van der Waals surface area contributed by atoms with Crippen molar-refractivity contribution in [2.24, 2.45) is 0 Å². The minimum atomic E-state index is -4.28. The van der Waals surface area contributed by atoms with Gasteiger partial charge in [-0.25, -0.2) is 4.57 Å². The van der Waals surface area contributed by atoms with E-state index in [2.05, 4.69) is 31.9 Å². The van der Waals surface area contributed by atoms with Crippen molar-refractivity contribution >= 4 is 39.7 Å². The smallest absolute Gasteiger partial charge is 0.394 e. The van der Waals surface area contributed by atoms with Crippen molar-refractivity contribution in [3.8, 4) is 11.5 Å². The van der Waals surface area contributed by atoms with Crippen molar-refractivity contribution in [3.05, 3.63) is 56.5 Å². The van der Waals surface area contributed by atoms with Crippen molar-refractivity contribution in [2.75, 3.05) is 0 Å². The first kappa shape index (κ1) is 16.6. The van der Waals surface area contributed by atoms with Gasteiger partial charge in [-0.05, 0) is 81.1 Å². The Bertz CT molecular complexity index is 661. The lowest BCUT2D eigenvalue weighted by Crippen LogP contribution is -2.01. The Hall–Kier alpha value is -0.810. The second-order valence-electron chi connectivity index (χ2n) is 4.52. The average molecular weight is 436 g/mol. The highest BCUT2D eigenvalue weighted by Crippen LogP contribution is 2.47. The molecule has 4 nitrogen and oxygen atoms in total. The topological polar surface area (TPSA) is 55.8 Å². The number of rotatable bonds is 4. The van der Waals surface area contributed by atoms with E-state index in [0.29, 0.717) is 8.95 Å². The van der Waals surface area contributed by atoms with Crippen LogP contribution >= 0.6 is 39.7 Å². The Balaban J connectivity index is 2.20. The van der Waals surface area contributed by atoms with Gasteiger partial charge in [-0.3, -0.25) is 4.89 Å². The van der Waals surface area contributed by atoms with Crippen LogP contribution in [0.25, 0.3) is 0 Å². The molecule has 0 unspecified atom stereocenters. The van der Waals surface area contributed by atoms with Crippen molar-refractivity contribution in [1.29, 1.82) is 0 Å². The highest BCUT2D eigenvalue weighted by molar-refractivity contribution is 9.11. The fourth-order valence-electron chi connectivity index (χ4n) is 1.63. The van der Waals surface area contributed by atoms with E-state index in [-0.39, 0.29) is 11.5 Å². The largest absolute Gasteiger partial charge is 0.584 e. The highest BCUT2D eigenvalue weighted by Gasteiger charge is 2.27. The molecule has 1 N–H and O–H groups in total. The van der Waals surface area contributed by atoms with E-state index in [0.717, 1.165) is 11.1 Å². The normalized spacial score (nSPS) is 11.3. The quantitative estimate of drug-likeness (QED) is 0.654. The standard InChI is InChI=1S/C14H13Br2O4P/c1-9-3-5-13(11(15)7-9)19-21(17,18)20-14-6-4-10(2)8-12(14)16/h3-8H,1-2H3,(H,17,18). The molecule has 7 heteroatoms. The van der Waals surface area contributed by atoms with Gasteiger partial charge in [-0.1, -0.05) is 12.1 Å². The maximum absolute atomic E-state index is 12.1. The third kappa shape index (κ3) is 4.58. The summed E-state index contributed by atoms with van der Waals surface area (Å²) in [6.45, 7) is 3.82. The summed E-state index contributed by atoms with van der Waals surface area (Å²) in [5.41, 5.74) is 2.01. The molecular formula is C14H13Br2O4P. The van der Waals surface area contributed by atoms with Crippen molar-refractivity contribution in [2.45, 2.75) is 13.8 Å². The Morgan fingerprint density at radius 1 is 0.905 bits per heavy atom. The van der Waals surface area contributed by atoms with Gasteiger partial charge in [-0.2, -0.15) is 0 Å². The van der Waals surface area contributed by atoms with E-state index in [1.165, 1.54) is 0 Å². The molecule has 0 radical (unpaired) electrons. The number of hydrogen-bond donors (Lipinski definition) is 1. The van der Waals surface area contributed by atoms with Crippen LogP contribution in [0, 0.1) is 13.8 Å². The predicted molar refractivity (Wildman–Crippen MR) is 88.8 cm³/mol. The van der Waals surface area contributed by atoms with Crippen molar-refractivity contribution in [1.82, 2.24) is 0 Å². The molecule has 0 bridgehead atoms. The van der Waals surface area contributed by atoms with E-state index in [9.17, 15) is 9.46 Å². The predicted octanol–water partition coefficient (Wildman–Crippen LogP) is 5.39. The molecule has 2 rings (SSSR count). The van der Waals surface area contributed by atoms with Gasteiger partial charge in [0.05, 0.1) is 8.95 Å². The number of benzene rings is 2. The van der Waals surface area contributed by atoms with Gasteiger partial charge in [0.2, 0.25) is 0 Å². The Labute approximate surface area is 140 Å². The molecule has 0 fully saturated rings. The van der Waals surface area contributed by atoms with E-state index in [1.807, 2.05) is 13.8 Å². The molecule has 0 aliphatic rings. The van der Waals surface area contributed by atoms with Crippen LogP contribution < -0.4 is 9.05 Å². The van der Waals surface area contributed by atoms with Crippen LogP contribution in [0.5, 0.6) is 11.5 Å². The number of hydrogen-bond acceptors (Lipinski definition) is 3. The van der Waals surface area contributed by atoms with Crippen LogP contribution in [-0.2, 0) is 4.57 Å². The molecule has 0 spiro atoms. The van der Waals surface area contributed by atoms with Crippen LogP contribution in [0.2, 0.25) is 0 Å². The molecule has 2 aromatic carbocycles. The van der Waals surface area contributed by atoms with Gasteiger partial charge in [0, 0.05) is 0 Å². The molecule has 0 aliphatic heterocycles. The van der Waals surface area contributed by atoms with Crippen LogP contribution in [0.1, 0.15) is 11.1 Å². The molecule has 0 aromatic heterocycles. The summed E-state index contributed by atoms with van der Waals surface area (Å²) < 4.78 is 23.5. The fourth-order valence-corrected chi connectivity index (χ4v) is 3.88. The van der Waals surface area contributed by atoms with Gasteiger partial charge < -0.3 is 9.05 Å². The zero-order chi connectivity index (χ0) is 15.6. The Morgan fingerprint density at radius 2 is 1.29 bits per heavy atom. The molecule has 0 saturated carbocycles. The second-order valence-corrected chi connectivity index (χ2v) is 7.53. The Kier molecular flexibility index (Phi) is 5.15. The molecule has 2 aromatic rings. The maximum atomic E-state index is 12.1. The van der Waals surface area contributed by atoms with Crippen LogP contribution in [0.3, 0.4) is 0 Å². The summed E-state index contributed by atoms with van der Waals surface area (Å²) in [7, 11) is -4.28. The summed E-state index contributed by atoms with van der Waals surface area (Å²) >= 11 is 6.57. The first-order valence-corrected chi connectivity index (χ1v) is 9.09. The molecule has 0 heterocycles. The van der Waals surface area contributed by atoms with Crippen LogP contribution in [0.15, 0.2) is 45.3 Å². The first-order valence-electron chi connectivity index (χ1n) is 6.01. The monoisotopic (exact) mass is 434 g/mol. The van der Waals surface area contributed by atoms with E-state index < -0.39 is 7.82 Å². The minimum Gasteiger partial charge on any atom is -0.394 e. The zero-order valence-corrected chi connectivity index (χ0v) is 15.4. The number of aryl methyl sites for hydroxylation is 2. The lowest BCUT2D eigenvalue weighted by Gasteiger charge is -2.16. The van der Waals surface area contributed by atoms with Crippen molar-refractivity contribution < 1.29 is 18.5 Å². The number of halogens is 2. The molecule has 0 atom stereocenters. The minimum absolute atomic E-state index is 0.245. The van der Waals surface area contributed by atoms with E-state index in [1.54, 1.807) is 36.4 Å². The molecular weight excluding hydrogens is 423 g/mol. The highest BCUT2D eigenvalue weighted by atomic mass is 79.9. The Morgan fingerprint density at radius 3 is 1.62 bits per heavy atom. The van der Waals surface area contributed by atoms with Crippen molar-refractivity contribution in [3.63, 3.8) is 0 Å². The molecule has 0 saturated heterocycles. The van der Waals surface area contributed by atoms with Gasteiger partial charge in [0.25, 0.3) is 0 Å². The third-order valence-corrected chi connectivity index (χ3v) is 4.70. The lowest BCUT2D eigenvalue weighted by molar-refractivity contribution is 0.289. The first-order chi connectivity index (χ1) is 9.77. The molecule has 0 aliphatic carbocycles. The van der Waals surface area contributed by atoms with Gasteiger partial charge in [0.15, 0.2) is 0 Å². The lowest BCUT2D eigenvalue weighted by atomic mass is 10.2.